The number of thioether (sulfide) groups is 1. The van der Waals surface area contributed by atoms with Crippen molar-refractivity contribution >= 4 is 11.8 Å². The number of methoxy groups -OCH3 is 1. The molecule has 0 saturated heterocycles. The summed E-state index contributed by atoms with van der Waals surface area (Å²) >= 11 is 2.07. The molecule has 1 aromatic rings. The Labute approximate surface area is 134 Å². The largest absolute Gasteiger partial charge is 0.383 e. The fourth-order valence-electron chi connectivity index (χ4n) is 3.25. The molecule has 0 heterocycles. The van der Waals surface area contributed by atoms with E-state index in [2.05, 4.69) is 55.2 Å². The van der Waals surface area contributed by atoms with E-state index >= 15 is 0 Å². The first-order valence-electron chi connectivity index (χ1n) is 8.12. The molecule has 0 bridgehead atoms. The lowest BCUT2D eigenvalue weighted by Crippen LogP contribution is -2.21. The summed E-state index contributed by atoms with van der Waals surface area (Å²) in [6.45, 7) is 7.40. The highest BCUT2D eigenvalue weighted by Crippen LogP contribution is 2.38. The standard InChI is InChI=1S/C18H29NOS/c1-14-10-15(2)12-18(11-14)21-17-6-4-16(5-7-17)13-19-8-9-20-3/h4-7,14-15,18-19H,8-13H2,1-3H3. The topological polar surface area (TPSA) is 21.3 Å². The molecule has 0 amide bonds. The molecule has 2 unspecified atom stereocenters. The zero-order valence-electron chi connectivity index (χ0n) is 13.6. The van der Waals surface area contributed by atoms with Crippen LogP contribution in [-0.2, 0) is 11.3 Å². The second-order valence-electron chi connectivity index (χ2n) is 6.47. The molecule has 3 heteroatoms. The Morgan fingerprint density at radius 3 is 2.38 bits per heavy atom. The normalized spacial score (nSPS) is 26.0. The van der Waals surface area contributed by atoms with E-state index in [1.165, 1.54) is 29.7 Å². The van der Waals surface area contributed by atoms with Gasteiger partial charge in [-0.1, -0.05) is 26.0 Å². The van der Waals surface area contributed by atoms with Gasteiger partial charge in [0.05, 0.1) is 6.61 Å². The van der Waals surface area contributed by atoms with Crippen molar-refractivity contribution in [2.24, 2.45) is 11.8 Å². The van der Waals surface area contributed by atoms with Gasteiger partial charge < -0.3 is 10.1 Å². The van der Waals surface area contributed by atoms with Crippen molar-refractivity contribution in [3.63, 3.8) is 0 Å². The lowest BCUT2D eigenvalue weighted by atomic mass is 9.83. The maximum atomic E-state index is 5.03. The smallest absolute Gasteiger partial charge is 0.0587 e. The highest BCUT2D eigenvalue weighted by atomic mass is 32.2. The number of nitrogens with one attached hydrogen (secondary N) is 1. The Hall–Kier alpha value is -0.510. The van der Waals surface area contributed by atoms with Crippen molar-refractivity contribution in [2.45, 2.75) is 49.8 Å². The Balaban J connectivity index is 1.79. The number of rotatable bonds is 7. The number of hydrogen-bond donors (Lipinski definition) is 1. The minimum atomic E-state index is 0.770. The minimum Gasteiger partial charge on any atom is -0.383 e. The van der Waals surface area contributed by atoms with Crippen LogP contribution in [0.3, 0.4) is 0 Å². The first-order valence-corrected chi connectivity index (χ1v) is 9.00. The number of benzene rings is 1. The van der Waals surface area contributed by atoms with Gasteiger partial charge >= 0.3 is 0 Å². The number of ether oxygens (including phenoxy) is 1. The molecule has 0 aliphatic heterocycles. The average Bonchev–Trinajstić information content (AvgIpc) is 2.44. The van der Waals surface area contributed by atoms with Crippen molar-refractivity contribution in [1.29, 1.82) is 0 Å². The van der Waals surface area contributed by atoms with Crippen LogP contribution < -0.4 is 5.32 Å². The van der Waals surface area contributed by atoms with Crippen molar-refractivity contribution in [2.75, 3.05) is 20.3 Å². The van der Waals surface area contributed by atoms with Crippen LogP contribution in [0.2, 0.25) is 0 Å². The van der Waals surface area contributed by atoms with Crippen LogP contribution in [0.15, 0.2) is 29.2 Å². The zero-order valence-corrected chi connectivity index (χ0v) is 14.4. The van der Waals surface area contributed by atoms with E-state index in [0.717, 1.165) is 36.8 Å². The van der Waals surface area contributed by atoms with Crippen LogP contribution in [0.4, 0.5) is 0 Å². The molecule has 1 saturated carbocycles. The lowest BCUT2D eigenvalue weighted by molar-refractivity contribution is 0.199. The van der Waals surface area contributed by atoms with Gasteiger partial charge in [0.2, 0.25) is 0 Å². The predicted molar refractivity (Wildman–Crippen MR) is 91.8 cm³/mol. The Kier molecular flexibility index (Phi) is 7.08. The molecule has 1 N–H and O–H groups in total. The molecule has 1 aromatic carbocycles. The first-order chi connectivity index (χ1) is 10.2. The van der Waals surface area contributed by atoms with Gasteiger partial charge in [0.25, 0.3) is 0 Å². The van der Waals surface area contributed by atoms with Crippen LogP contribution >= 0.6 is 11.8 Å². The summed E-state index contributed by atoms with van der Waals surface area (Å²) in [6.07, 6.45) is 4.15. The second kappa shape index (κ2) is 8.82. The Morgan fingerprint density at radius 1 is 1.10 bits per heavy atom. The van der Waals surface area contributed by atoms with Gasteiger partial charge in [0, 0.05) is 30.3 Å². The molecule has 1 fully saturated rings. The van der Waals surface area contributed by atoms with Gasteiger partial charge in [0.15, 0.2) is 0 Å². The van der Waals surface area contributed by atoms with Gasteiger partial charge in [-0.3, -0.25) is 0 Å². The third-order valence-corrected chi connectivity index (χ3v) is 5.44. The van der Waals surface area contributed by atoms with E-state index in [4.69, 9.17) is 4.74 Å². The monoisotopic (exact) mass is 307 g/mol. The average molecular weight is 308 g/mol. The quantitative estimate of drug-likeness (QED) is 0.757. The SMILES string of the molecule is COCCNCc1ccc(SC2CC(C)CC(C)C2)cc1. The zero-order chi connectivity index (χ0) is 15.1. The molecule has 118 valence electrons. The molecule has 2 atom stereocenters. The van der Waals surface area contributed by atoms with E-state index < -0.39 is 0 Å². The van der Waals surface area contributed by atoms with E-state index in [0.29, 0.717) is 0 Å². The summed E-state index contributed by atoms with van der Waals surface area (Å²) in [5.74, 6) is 1.77. The molecular weight excluding hydrogens is 278 g/mol. The predicted octanol–water partition coefficient (Wildman–Crippen LogP) is 4.34. The van der Waals surface area contributed by atoms with Gasteiger partial charge in [-0.05, 0) is 48.8 Å². The van der Waals surface area contributed by atoms with Crippen molar-refractivity contribution in [3.05, 3.63) is 29.8 Å². The summed E-state index contributed by atoms with van der Waals surface area (Å²) in [4.78, 5) is 1.42. The Bertz CT molecular complexity index is 396. The molecule has 21 heavy (non-hydrogen) atoms. The molecule has 0 spiro atoms. The van der Waals surface area contributed by atoms with Gasteiger partial charge in [-0.2, -0.15) is 0 Å². The van der Waals surface area contributed by atoms with E-state index in [1.54, 1.807) is 7.11 Å². The summed E-state index contributed by atoms with van der Waals surface area (Å²) in [6, 6.07) is 9.06. The maximum absolute atomic E-state index is 5.03. The lowest BCUT2D eigenvalue weighted by Gasteiger charge is -2.31. The fourth-order valence-corrected chi connectivity index (χ4v) is 4.78. The summed E-state index contributed by atoms with van der Waals surface area (Å²) < 4.78 is 5.03. The molecule has 2 nitrogen and oxygen atoms in total. The molecule has 0 aromatic heterocycles. The fraction of sp³-hybridized carbons (Fsp3) is 0.667. The van der Waals surface area contributed by atoms with Gasteiger partial charge in [-0.15, -0.1) is 11.8 Å². The Morgan fingerprint density at radius 2 is 1.76 bits per heavy atom. The summed E-state index contributed by atoms with van der Waals surface area (Å²) in [5.41, 5.74) is 1.35. The third-order valence-electron chi connectivity index (χ3n) is 4.17. The van der Waals surface area contributed by atoms with Crippen molar-refractivity contribution in [1.82, 2.24) is 5.32 Å². The molecule has 2 rings (SSSR count). The molecule has 1 aliphatic rings. The van der Waals surface area contributed by atoms with E-state index in [-0.39, 0.29) is 0 Å². The van der Waals surface area contributed by atoms with E-state index in [9.17, 15) is 0 Å². The highest BCUT2D eigenvalue weighted by Gasteiger charge is 2.24. The third kappa shape index (κ3) is 6.01. The first kappa shape index (κ1) is 16.9. The molecular formula is C18H29NOS. The van der Waals surface area contributed by atoms with Crippen LogP contribution in [0.5, 0.6) is 0 Å². The van der Waals surface area contributed by atoms with Gasteiger partial charge in [-0.25, -0.2) is 0 Å². The van der Waals surface area contributed by atoms with Crippen LogP contribution in [0, 0.1) is 11.8 Å². The summed E-state index contributed by atoms with van der Waals surface area (Å²) in [5, 5.41) is 4.18. The second-order valence-corrected chi connectivity index (χ2v) is 7.84. The minimum absolute atomic E-state index is 0.770. The van der Waals surface area contributed by atoms with Crippen LogP contribution in [0.25, 0.3) is 0 Å². The van der Waals surface area contributed by atoms with E-state index in [1.807, 2.05) is 0 Å². The maximum Gasteiger partial charge on any atom is 0.0587 e. The van der Waals surface area contributed by atoms with Crippen LogP contribution in [0.1, 0.15) is 38.7 Å². The van der Waals surface area contributed by atoms with Crippen molar-refractivity contribution in [3.8, 4) is 0 Å². The summed E-state index contributed by atoms with van der Waals surface area (Å²) in [7, 11) is 1.74. The van der Waals surface area contributed by atoms with Crippen molar-refractivity contribution < 1.29 is 4.74 Å². The van der Waals surface area contributed by atoms with Crippen LogP contribution in [-0.4, -0.2) is 25.5 Å². The van der Waals surface area contributed by atoms with Gasteiger partial charge in [0.1, 0.15) is 0 Å². The number of hydrogen-bond acceptors (Lipinski definition) is 3. The molecule has 1 aliphatic carbocycles. The molecule has 0 radical (unpaired) electrons. The highest BCUT2D eigenvalue weighted by molar-refractivity contribution is 8.00.